The van der Waals surface area contributed by atoms with Gasteiger partial charge >= 0.3 is 5.69 Å². The van der Waals surface area contributed by atoms with E-state index in [1.165, 1.54) is 12.8 Å². The largest absolute Gasteiger partial charge is 0.356 e. The van der Waals surface area contributed by atoms with Gasteiger partial charge in [0, 0.05) is 46.2 Å². The summed E-state index contributed by atoms with van der Waals surface area (Å²) in [5.74, 6) is 2.67. The number of nitrogens with zero attached hydrogens (tertiary/aromatic N) is 5. The molecule has 1 aromatic rings. The first-order valence-electron chi connectivity index (χ1n) is 9.31. The summed E-state index contributed by atoms with van der Waals surface area (Å²) in [6.07, 6.45) is 6.57. The zero-order valence-electron chi connectivity index (χ0n) is 15.0. The highest BCUT2D eigenvalue weighted by atomic mass is 16.2. The van der Waals surface area contributed by atoms with E-state index in [9.17, 15) is 4.79 Å². The maximum Gasteiger partial charge on any atom is 0.345 e. The lowest BCUT2D eigenvalue weighted by Crippen LogP contribution is -2.46. The number of aryl methyl sites for hydroxylation is 2. The van der Waals surface area contributed by atoms with E-state index in [2.05, 4.69) is 27.2 Å². The summed E-state index contributed by atoms with van der Waals surface area (Å²) in [7, 11) is 1.84. The zero-order chi connectivity index (χ0) is 16.9. The van der Waals surface area contributed by atoms with E-state index < -0.39 is 0 Å². The Morgan fingerprint density at radius 3 is 2.96 bits per heavy atom. The Morgan fingerprint density at radius 2 is 2.21 bits per heavy atom. The van der Waals surface area contributed by atoms with E-state index in [1.807, 2.05) is 11.6 Å². The number of guanidine groups is 1. The Morgan fingerprint density at radius 1 is 1.33 bits per heavy atom. The number of hydrogen-bond donors (Lipinski definition) is 1. The van der Waals surface area contributed by atoms with Gasteiger partial charge in [0.2, 0.25) is 0 Å². The predicted octanol–water partition coefficient (Wildman–Crippen LogP) is 1.08. The van der Waals surface area contributed by atoms with Crippen molar-refractivity contribution in [3.05, 3.63) is 16.3 Å². The molecule has 1 fully saturated rings. The maximum absolute atomic E-state index is 12.3. The molecule has 0 amide bonds. The van der Waals surface area contributed by atoms with Crippen LogP contribution in [-0.4, -0.2) is 51.9 Å². The van der Waals surface area contributed by atoms with Gasteiger partial charge in [0.05, 0.1) is 0 Å². The first-order valence-corrected chi connectivity index (χ1v) is 9.31. The molecular formula is C17H30N6O. The molecule has 2 aliphatic rings. The second-order valence-corrected chi connectivity index (χ2v) is 7.05. The molecule has 3 heterocycles. The van der Waals surface area contributed by atoms with Crippen molar-refractivity contribution in [2.75, 3.05) is 26.7 Å². The third-order valence-corrected chi connectivity index (χ3v) is 5.03. The summed E-state index contributed by atoms with van der Waals surface area (Å²) in [6.45, 7) is 6.76. The number of aliphatic imine (C=N–C) groups is 1. The number of hydrogen-bond acceptors (Lipinski definition) is 3. The third-order valence-electron chi connectivity index (χ3n) is 5.03. The number of likely N-dealkylation sites (tertiary alicyclic amines) is 1. The summed E-state index contributed by atoms with van der Waals surface area (Å²) in [5.41, 5.74) is 0.0546. The van der Waals surface area contributed by atoms with Gasteiger partial charge < -0.3 is 10.2 Å². The highest BCUT2D eigenvalue weighted by Gasteiger charge is 2.19. The molecule has 1 atom stereocenters. The van der Waals surface area contributed by atoms with Crippen molar-refractivity contribution in [3.63, 3.8) is 0 Å². The van der Waals surface area contributed by atoms with Crippen molar-refractivity contribution in [1.29, 1.82) is 0 Å². The molecule has 1 N–H and O–H groups in total. The van der Waals surface area contributed by atoms with Crippen molar-refractivity contribution < 1.29 is 0 Å². The van der Waals surface area contributed by atoms with Crippen LogP contribution in [0.25, 0.3) is 0 Å². The Labute approximate surface area is 143 Å². The number of rotatable bonds is 4. The van der Waals surface area contributed by atoms with E-state index >= 15 is 0 Å². The minimum atomic E-state index is 0.0546. The van der Waals surface area contributed by atoms with Crippen LogP contribution in [0, 0.1) is 5.92 Å². The van der Waals surface area contributed by atoms with Crippen LogP contribution in [0.3, 0.4) is 0 Å². The van der Waals surface area contributed by atoms with Crippen molar-refractivity contribution in [3.8, 4) is 0 Å². The minimum absolute atomic E-state index is 0.0546. The summed E-state index contributed by atoms with van der Waals surface area (Å²) >= 11 is 0. The number of aromatic nitrogens is 3. The number of fused-ring (bicyclic) bond motifs is 1. The van der Waals surface area contributed by atoms with Gasteiger partial charge in [0.25, 0.3) is 0 Å². The molecule has 134 valence electrons. The number of nitrogens with one attached hydrogen (secondary N) is 1. The Kier molecular flexibility index (Phi) is 5.58. The Bertz CT molecular complexity index is 632. The quantitative estimate of drug-likeness (QED) is 0.508. The highest BCUT2D eigenvalue weighted by molar-refractivity contribution is 5.79. The van der Waals surface area contributed by atoms with Crippen LogP contribution in [0.5, 0.6) is 0 Å². The van der Waals surface area contributed by atoms with Gasteiger partial charge in [-0.3, -0.25) is 9.56 Å². The summed E-state index contributed by atoms with van der Waals surface area (Å²) in [4.78, 5) is 19.0. The molecule has 0 radical (unpaired) electrons. The fraction of sp³-hybridized carbons (Fsp3) is 0.824. The van der Waals surface area contributed by atoms with Crippen LogP contribution in [0.1, 0.15) is 44.9 Å². The lowest BCUT2D eigenvalue weighted by atomic mass is 10.0. The van der Waals surface area contributed by atoms with Crippen molar-refractivity contribution in [2.45, 2.75) is 58.5 Å². The second kappa shape index (κ2) is 7.85. The van der Waals surface area contributed by atoms with Crippen molar-refractivity contribution in [1.82, 2.24) is 24.6 Å². The topological polar surface area (TPSA) is 67.5 Å². The molecule has 7 heteroatoms. The number of piperidine rings is 1. The first kappa shape index (κ1) is 17.0. The second-order valence-electron chi connectivity index (χ2n) is 7.05. The molecule has 0 bridgehead atoms. The fourth-order valence-electron chi connectivity index (χ4n) is 3.74. The SMILES string of the molecule is CN=C(NCCCn1nc2n(c1=O)CCCC2)N1CCCC(C)C1. The van der Waals surface area contributed by atoms with Crippen LogP contribution in [0.15, 0.2) is 9.79 Å². The molecule has 2 aliphatic heterocycles. The van der Waals surface area contributed by atoms with Crippen LogP contribution in [-0.2, 0) is 19.5 Å². The molecule has 0 aliphatic carbocycles. The normalized spacial score (nSPS) is 21.7. The van der Waals surface area contributed by atoms with Gasteiger partial charge in [-0.2, -0.15) is 5.10 Å². The molecule has 1 saturated heterocycles. The van der Waals surface area contributed by atoms with Crippen LogP contribution >= 0.6 is 0 Å². The Hall–Kier alpha value is -1.79. The summed E-state index contributed by atoms with van der Waals surface area (Å²) < 4.78 is 3.47. The summed E-state index contributed by atoms with van der Waals surface area (Å²) in [5, 5.41) is 7.92. The minimum Gasteiger partial charge on any atom is -0.356 e. The van der Waals surface area contributed by atoms with Gasteiger partial charge in [0.1, 0.15) is 5.82 Å². The van der Waals surface area contributed by atoms with Crippen LogP contribution < -0.4 is 11.0 Å². The van der Waals surface area contributed by atoms with Crippen molar-refractivity contribution in [2.24, 2.45) is 10.9 Å². The maximum atomic E-state index is 12.3. The molecule has 0 spiro atoms. The fourth-order valence-corrected chi connectivity index (χ4v) is 3.74. The van der Waals surface area contributed by atoms with Gasteiger partial charge in [-0.1, -0.05) is 6.92 Å². The molecule has 3 rings (SSSR count). The molecule has 1 aromatic heterocycles. The average molecular weight is 334 g/mol. The van der Waals surface area contributed by atoms with Crippen LogP contribution in [0.4, 0.5) is 0 Å². The monoisotopic (exact) mass is 334 g/mol. The first-order chi connectivity index (χ1) is 11.7. The molecule has 0 aromatic carbocycles. The van der Waals surface area contributed by atoms with E-state index in [0.29, 0.717) is 6.54 Å². The van der Waals surface area contributed by atoms with Gasteiger partial charge in [-0.25, -0.2) is 9.48 Å². The van der Waals surface area contributed by atoms with E-state index in [4.69, 9.17) is 0 Å². The molecule has 0 saturated carbocycles. The molecule has 24 heavy (non-hydrogen) atoms. The molecule has 7 nitrogen and oxygen atoms in total. The highest BCUT2D eigenvalue weighted by Crippen LogP contribution is 2.15. The van der Waals surface area contributed by atoms with E-state index in [-0.39, 0.29) is 5.69 Å². The zero-order valence-corrected chi connectivity index (χ0v) is 15.0. The average Bonchev–Trinajstić information content (AvgIpc) is 2.91. The smallest absolute Gasteiger partial charge is 0.345 e. The Balaban J connectivity index is 1.48. The third kappa shape index (κ3) is 3.82. The lowest BCUT2D eigenvalue weighted by Gasteiger charge is -2.33. The lowest BCUT2D eigenvalue weighted by molar-refractivity contribution is 0.266. The molecule has 1 unspecified atom stereocenters. The predicted molar refractivity (Wildman–Crippen MR) is 95.4 cm³/mol. The van der Waals surface area contributed by atoms with E-state index in [1.54, 1.807) is 4.68 Å². The standard InChI is InChI=1S/C17H30N6O/c1-14-7-5-10-21(13-14)16(18-2)19-9-6-12-23-17(24)22-11-4-3-8-15(22)20-23/h14H,3-13H2,1-2H3,(H,18,19). The van der Waals surface area contributed by atoms with E-state index in [0.717, 1.165) is 69.6 Å². The van der Waals surface area contributed by atoms with Gasteiger partial charge in [-0.15, -0.1) is 0 Å². The van der Waals surface area contributed by atoms with Crippen LogP contribution in [0.2, 0.25) is 0 Å². The molecular weight excluding hydrogens is 304 g/mol. The summed E-state index contributed by atoms with van der Waals surface area (Å²) in [6, 6.07) is 0. The van der Waals surface area contributed by atoms with Gasteiger partial charge in [0.15, 0.2) is 5.96 Å². The van der Waals surface area contributed by atoms with Gasteiger partial charge in [-0.05, 0) is 38.0 Å². The van der Waals surface area contributed by atoms with Crippen molar-refractivity contribution >= 4 is 5.96 Å².